The standard InChI is InChI=1S/C13H17N5O2.CO2/c1-2-5-10(13(19)20)11(12-15-17-18-16-12)8-9-6-3-4-7-14-9;2-1-3/h3-4,6-7,10-11H,2,5,8H2,1H3,(H,19,20)(H,15,16,17,18);/t10-,11-;/m0./s1. The maximum Gasteiger partial charge on any atom is 0.373 e. The molecular formula is C14H17N5O4. The van der Waals surface area contributed by atoms with Crippen LogP contribution in [0.5, 0.6) is 0 Å². The van der Waals surface area contributed by atoms with Crippen LogP contribution in [0.25, 0.3) is 0 Å². The molecule has 0 aliphatic heterocycles. The molecule has 0 saturated heterocycles. The van der Waals surface area contributed by atoms with Gasteiger partial charge in [-0.2, -0.15) is 14.8 Å². The minimum Gasteiger partial charge on any atom is -0.481 e. The van der Waals surface area contributed by atoms with Crippen LogP contribution in [-0.4, -0.2) is 42.8 Å². The predicted molar refractivity (Wildman–Crippen MR) is 75.9 cm³/mol. The number of rotatable bonds is 7. The number of carbonyl (C=O) groups excluding carboxylic acids is 2. The van der Waals surface area contributed by atoms with E-state index in [2.05, 4.69) is 25.6 Å². The number of hydrogen-bond acceptors (Lipinski definition) is 7. The van der Waals surface area contributed by atoms with E-state index >= 15 is 0 Å². The highest BCUT2D eigenvalue weighted by molar-refractivity contribution is 5.71. The average Bonchev–Trinajstić information content (AvgIpc) is 3.06. The molecule has 0 bridgehead atoms. The van der Waals surface area contributed by atoms with Crippen LogP contribution in [0.3, 0.4) is 0 Å². The Kier molecular flexibility index (Phi) is 7.81. The Balaban J connectivity index is 0.000000816. The summed E-state index contributed by atoms with van der Waals surface area (Å²) in [4.78, 5) is 32.0. The SMILES string of the molecule is CCC[C@H](C(=O)O)[C@H](Cc1ccccn1)c1nn[nH]n1.O=C=O. The molecule has 0 aliphatic rings. The minimum absolute atomic E-state index is 0.250. The fraction of sp³-hybridized carbons (Fsp3) is 0.429. The number of nitrogens with one attached hydrogen (secondary N) is 1. The molecular weight excluding hydrogens is 302 g/mol. The Morgan fingerprint density at radius 2 is 2.13 bits per heavy atom. The van der Waals surface area contributed by atoms with Gasteiger partial charge in [-0.25, -0.2) is 0 Å². The zero-order chi connectivity index (χ0) is 17.1. The van der Waals surface area contributed by atoms with Crippen molar-refractivity contribution in [2.75, 3.05) is 0 Å². The molecule has 2 aromatic rings. The fourth-order valence-corrected chi connectivity index (χ4v) is 2.29. The van der Waals surface area contributed by atoms with Gasteiger partial charge < -0.3 is 5.11 Å². The highest BCUT2D eigenvalue weighted by Gasteiger charge is 2.32. The Hall–Kier alpha value is -2.93. The summed E-state index contributed by atoms with van der Waals surface area (Å²) in [6.45, 7) is 1.96. The molecule has 0 fully saturated rings. The van der Waals surface area contributed by atoms with Gasteiger partial charge in [0.05, 0.1) is 5.92 Å². The van der Waals surface area contributed by atoms with Crippen molar-refractivity contribution in [2.45, 2.75) is 32.1 Å². The van der Waals surface area contributed by atoms with Gasteiger partial charge in [0.1, 0.15) is 0 Å². The number of pyridine rings is 1. The van der Waals surface area contributed by atoms with E-state index in [-0.39, 0.29) is 12.1 Å². The third-order valence-corrected chi connectivity index (χ3v) is 3.25. The van der Waals surface area contributed by atoms with Gasteiger partial charge in [0.25, 0.3) is 0 Å². The summed E-state index contributed by atoms with van der Waals surface area (Å²) >= 11 is 0. The molecule has 2 aromatic heterocycles. The zero-order valence-corrected chi connectivity index (χ0v) is 12.5. The Morgan fingerprint density at radius 3 is 2.61 bits per heavy atom. The number of aromatic amines is 1. The van der Waals surface area contributed by atoms with E-state index in [0.29, 0.717) is 18.7 Å². The van der Waals surface area contributed by atoms with Crippen molar-refractivity contribution >= 4 is 12.1 Å². The van der Waals surface area contributed by atoms with E-state index in [1.807, 2.05) is 25.1 Å². The average molecular weight is 319 g/mol. The van der Waals surface area contributed by atoms with Crippen molar-refractivity contribution in [1.29, 1.82) is 0 Å². The molecule has 122 valence electrons. The molecule has 2 N–H and O–H groups in total. The molecule has 2 heterocycles. The highest BCUT2D eigenvalue weighted by atomic mass is 16.4. The first kappa shape index (κ1) is 18.1. The van der Waals surface area contributed by atoms with Crippen LogP contribution in [-0.2, 0) is 20.8 Å². The highest BCUT2D eigenvalue weighted by Crippen LogP contribution is 2.29. The van der Waals surface area contributed by atoms with E-state index in [4.69, 9.17) is 9.59 Å². The van der Waals surface area contributed by atoms with Crippen molar-refractivity contribution in [3.05, 3.63) is 35.9 Å². The third kappa shape index (κ3) is 5.76. The van der Waals surface area contributed by atoms with Crippen LogP contribution in [0.15, 0.2) is 24.4 Å². The number of nitrogens with zero attached hydrogens (tertiary/aromatic N) is 4. The van der Waals surface area contributed by atoms with Gasteiger partial charge in [0, 0.05) is 24.2 Å². The van der Waals surface area contributed by atoms with Crippen molar-refractivity contribution < 1.29 is 19.5 Å². The lowest BCUT2D eigenvalue weighted by molar-refractivity contribution is -0.191. The van der Waals surface area contributed by atoms with Crippen LogP contribution in [0.1, 0.15) is 37.2 Å². The van der Waals surface area contributed by atoms with E-state index in [1.54, 1.807) is 6.20 Å². The monoisotopic (exact) mass is 319 g/mol. The second-order valence-electron chi connectivity index (χ2n) is 4.72. The van der Waals surface area contributed by atoms with Crippen molar-refractivity contribution in [1.82, 2.24) is 25.6 Å². The molecule has 0 aliphatic carbocycles. The smallest absolute Gasteiger partial charge is 0.373 e. The molecule has 2 rings (SSSR count). The first-order valence-corrected chi connectivity index (χ1v) is 6.99. The fourth-order valence-electron chi connectivity index (χ4n) is 2.29. The molecule has 0 radical (unpaired) electrons. The summed E-state index contributed by atoms with van der Waals surface area (Å²) in [6.07, 6.45) is 3.78. The summed E-state index contributed by atoms with van der Waals surface area (Å²) in [7, 11) is 0. The molecule has 0 saturated carbocycles. The normalized spacial score (nSPS) is 12.4. The van der Waals surface area contributed by atoms with Gasteiger partial charge in [-0.3, -0.25) is 9.78 Å². The van der Waals surface area contributed by atoms with Gasteiger partial charge in [-0.05, 0) is 18.6 Å². The van der Waals surface area contributed by atoms with Gasteiger partial charge >= 0.3 is 12.1 Å². The number of tetrazole rings is 1. The molecule has 0 amide bonds. The van der Waals surface area contributed by atoms with Gasteiger partial charge in [0.2, 0.25) is 0 Å². The maximum atomic E-state index is 11.5. The van der Waals surface area contributed by atoms with Gasteiger partial charge in [-0.1, -0.05) is 24.6 Å². The first-order valence-electron chi connectivity index (χ1n) is 6.99. The molecule has 0 unspecified atom stereocenters. The third-order valence-electron chi connectivity index (χ3n) is 3.25. The Morgan fingerprint density at radius 1 is 1.39 bits per heavy atom. The number of carboxylic acid groups (broad SMARTS) is 1. The van der Waals surface area contributed by atoms with Crippen molar-refractivity contribution in [3.63, 3.8) is 0 Å². The number of carbonyl (C=O) groups is 1. The van der Waals surface area contributed by atoms with Crippen LogP contribution in [0.2, 0.25) is 0 Å². The lowest BCUT2D eigenvalue weighted by atomic mass is 9.84. The number of carboxylic acids is 1. The predicted octanol–water partition coefficient (Wildman–Crippen LogP) is 0.838. The number of aromatic nitrogens is 5. The lowest BCUT2D eigenvalue weighted by Crippen LogP contribution is -2.25. The van der Waals surface area contributed by atoms with Gasteiger partial charge in [-0.15, -0.1) is 10.2 Å². The molecule has 9 heteroatoms. The summed E-state index contributed by atoms with van der Waals surface area (Å²) in [6, 6.07) is 5.58. The van der Waals surface area contributed by atoms with Crippen molar-refractivity contribution in [2.24, 2.45) is 5.92 Å². The van der Waals surface area contributed by atoms with E-state index < -0.39 is 11.9 Å². The first-order chi connectivity index (χ1) is 11.1. The molecule has 0 spiro atoms. The maximum absolute atomic E-state index is 11.5. The zero-order valence-electron chi connectivity index (χ0n) is 12.5. The molecule has 2 atom stereocenters. The second-order valence-corrected chi connectivity index (χ2v) is 4.72. The van der Waals surface area contributed by atoms with Crippen molar-refractivity contribution in [3.8, 4) is 0 Å². The van der Waals surface area contributed by atoms with Crippen LogP contribution in [0.4, 0.5) is 0 Å². The quantitative estimate of drug-likeness (QED) is 0.765. The topological polar surface area (TPSA) is 139 Å². The van der Waals surface area contributed by atoms with Crippen LogP contribution in [0, 0.1) is 5.92 Å². The second kappa shape index (κ2) is 9.91. The summed E-state index contributed by atoms with van der Waals surface area (Å²) in [5, 5.41) is 23.3. The Labute approximate surface area is 132 Å². The van der Waals surface area contributed by atoms with E-state index in [0.717, 1.165) is 12.1 Å². The summed E-state index contributed by atoms with van der Waals surface area (Å²) in [5.41, 5.74) is 0.824. The lowest BCUT2D eigenvalue weighted by Gasteiger charge is -2.20. The van der Waals surface area contributed by atoms with E-state index in [9.17, 15) is 9.90 Å². The molecule has 9 nitrogen and oxygen atoms in total. The largest absolute Gasteiger partial charge is 0.481 e. The molecule has 0 aromatic carbocycles. The van der Waals surface area contributed by atoms with Gasteiger partial charge in [0.15, 0.2) is 5.82 Å². The molecule has 23 heavy (non-hydrogen) atoms. The summed E-state index contributed by atoms with van der Waals surface area (Å²) in [5.74, 6) is -1.28. The van der Waals surface area contributed by atoms with Crippen LogP contribution >= 0.6 is 0 Å². The number of hydrogen-bond donors (Lipinski definition) is 2. The Bertz CT molecular complexity index is 611. The number of H-pyrrole nitrogens is 1. The summed E-state index contributed by atoms with van der Waals surface area (Å²) < 4.78 is 0. The van der Waals surface area contributed by atoms with E-state index in [1.165, 1.54) is 0 Å². The number of aliphatic carboxylic acids is 1. The van der Waals surface area contributed by atoms with Crippen LogP contribution < -0.4 is 0 Å². The minimum atomic E-state index is -0.836.